The molecule has 1 aliphatic heterocycles. The van der Waals surface area contributed by atoms with Crippen LogP contribution in [0.25, 0.3) is 0 Å². The van der Waals surface area contributed by atoms with E-state index in [0.717, 1.165) is 6.42 Å². The molecule has 1 aliphatic rings. The Hall–Kier alpha value is -2.83. The molecular formula is C14H15BN6. The van der Waals surface area contributed by atoms with Gasteiger partial charge in [0, 0.05) is 18.8 Å². The van der Waals surface area contributed by atoms with Gasteiger partial charge < -0.3 is 18.2 Å². The van der Waals surface area contributed by atoms with Crippen LogP contribution in [0.15, 0.2) is 73.7 Å². The zero-order valence-corrected chi connectivity index (χ0v) is 11.5. The Kier molecular flexibility index (Phi) is 2.63. The Morgan fingerprint density at radius 3 is 2.00 bits per heavy atom. The molecule has 4 rings (SSSR count). The molecule has 0 radical (unpaired) electrons. The van der Waals surface area contributed by atoms with E-state index in [-0.39, 0.29) is 0 Å². The summed E-state index contributed by atoms with van der Waals surface area (Å²) in [5, 5.41) is 9.02. The standard InChI is InChI=1S/C14H15BN6/c1-2-10-18(9-1)15(19-11-3-4-12-19,20-13-5-7-16-20)21-14-6-8-17-21/h1-3,5-14H,4H2. The summed E-state index contributed by atoms with van der Waals surface area (Å²) in [6.07, 6.45) is 18.9. The van der Waals surface area contributed by atoms with Crippen molar-refractivity contribution in [1.82, 2.24) is 23.9 Å². The van der Waals surface area contributed by atoms with Gasteiger partial charge in [-0.15, -0.1) is 0 Å². The molecule has 0 amide bonds. The van der Waals surface area contributed by atoms with Gasteiger partial charge in [-0.3, -0.25) is 0 Å². The summed E-state index contributed by atoms with van der Waals surface area (Å²) in [6, 6.07) is 7.90. The molecule has 0 unspecified atom stereocenters. The van der Waals surface area contributed by atoms with Gasteiger partial charge >= 0.3 is 6.69 Å². The molecule has 7 heteroatoms. The highest BCUT2D eigenvalue weighted by Crippen LogP contribution is 2.16. The van der Waals surface area contributed by atoms with E-state index in [1.165, 1.54) is 0 Å². The highest BCUT2D eigenvalue weighted by Gasteiger charge is 2.48. The molecule has 0 aromatic carbocycles. The van der Waals surface area contributed by atoms with Gasteiger partial charge in [-0.2, -0.15) is 0 Å². The molecule has 21 heavy (non-hydrogen) atoms. The Balaban J connectivity index is 2.07. The number of allylic oxidation sites excluding steroid dienone is 1. The lowest BCUT2D eigenvalue weighted by Gasteiger charge is -2.36. The van der Waals surface area contributed by atoms with Gasteiger partial charge in [-0.25, -0.2) is 10.2 Å². The molecule has 0 fully saturated rings. The number of nitrogens with zero attached hydrogens (tertiary/aromatic N) is 6. The van der Waals surface area contributed by atoms with E-state index < -0.39 is 6.69 Å². The summed E-state index contributed by atoms with van der Waals surface area (Å²) in [4.78, 5) is 0. The third-order valence-electron chi connectivity index (χ3n) is 3.92. The molecule has 0 aliphatic carbocycles. The topological polar surface area (TPSA) is 43.6 Å². The average Bonchev–Trinajstić information content (AvgIpc) is 3.32. The van der Waals surface area contributed by atoms with Gasteiger partial charge in [0.25, 0.3) is 0 Å². The summed E-state index contributed by atoms with van der Waals surface area (Å²) in [5.41, 5.74) is 0. The maximum absolute atomic E-state index is 4.51. The van der Waals surface area contributed by atoms with Crippen molar-refractivity contribution in [2.24, 2.45) is 0 Å². The van der Waals surface area contributed by atoms with E-state index in [2.05, 4.69) is 37.7 Å². The molecular weight excluding hydrogens is 263 g/mol. The normalized spacial score (nSPS) is 14.6. The molecule has 0 saturated heterocycles. The van der Waals surface area contributed by atoms with Crippen molar-refractivity contribution in [3.05, 3.63) is 73.7 Å². The van der Waals surface area contributed by atoms with Crippen LogP contribution in [0.3, 0.4) is 0 Å². The minimum absolute atomic E-state index is 0.910. The fraction of sp³-hybridized carbons (Fsp3) is 0.0714. The van der Waals surface area contributed by atoms with Crippen molar-refractivity contribution in [3.8, 4) is 0 Å². The smallest absolute Gasteiger partial charge is 0.422 e. The molecule has 3 aromatic heterocycles. The van der Waals surface area contributed by atoms with Crippen LogP contribution in [-0.4, -0.2) is 41.2 Å². The van der Waals surface area contributed by atoms with Crippen molar-refractivity contribution in [2.75, 3.05) is 0 Å². The van der Waals surface area contributed by atoms with Gasteiger partial charge in [0.15, 0.2) is 0 Å². The Labute approximate surface area is 122 Å². The lowest BCUT2D eigenvalue weighted by Crippen LogP contribution is -2.65. The first kappa shape index (κ1) is 12.0. The predicted molar refractivity (Wildman–Crippen MR) is 80.9 cm³/mol. The average molecular weight is 278 g/mol. The molecule has 104 valence electrons. The second-order valence-electron chi connectivity index (χ2n) is 5.05. The van der Waals surface area contributed by atoms with Crippen LogP contribution in [0.4, 0.5) is 0 Å². The second kappa shape index (κ2) is 4.62. The van der Waals surface area contributed by atoms with Crippen LogP contribution in [0.5, 0.6) is 0 Å². The molecule has 0 bridgehead atoms. The van der Waals surface area contributed by atoms with E-state index in [1.807, 2.05) is 58.2 Å². The van der Waals surface area contributed by atoms with Gasteiger partial charge in [0.2, 0.25) is 0 Å². The zero-order valence-electron chi connectivity index (χ0n) is 11.5. The van der Waals surface area contributed by atoms with E-state index in [9.17, 15) is 0 Å². The monoisotopic (exact) mass is 278 g/mol. The molecule has 0 N–H and O–H groups in total. The number of hydrogen-bond acceptors (Lipinski definition) is 2. The highest BCUT2D eigenvalue weighted by atomic mass is 15.5. The lowest BCUT2D eigenvalue weighted by molar-refractivity contribution is -0.321. The molecule has 6 nitrogen and oxygen atoms in total. The van der Waals surface area contributed by atoms with Crippen molar-refractivity contribution < 1.29 is 4.49 Å². The minimum atomic E-state index is -1.58. The van der Waals surface area contributed by atoms with Gasteiger partial charge in [-0.1, -0.05) is 0 Å². The molecule has 0 atom stereocenters. The minimum Gasteiger partial charge on any atom is -0.422 e. The zero-order chi connectivity index (χ0) is 14.1. The molecule has 4 heterocycles. The number of rotatable bonds is 4. The second-order valence-corrected chi connectivity index (χ2v) is 5.05. The summed E-state index contributed by atoms with van der Waals surface area (Å²) < 4.78 is 8.24. The first-order valence-corrected chi connectivity index (χ1v) is 6.98. The fourth-order valence-electron chi connectivity index (χ4n) is 3.05. The maximum Gasteiger partial charge on any atom is 0.627 e. The summed E-state index contributed by atoms with van der Waals surface area (Å²) in [5.74, 6) is 0. The van der Waals surface area contributed by atoms with E-state index in [0.29, 0.717) is 0 Å². The summed E-state index contributed by atoms with van der Waals surface area (Å²) in [6.45, 7) is -1.58. The molecule has 0 spiro atoms. The largest absolute Gasteiger partial charge is 0.627 e. The van der Waals surface area contributed by atoms with E-state index >= 15 is 0 Å². The number of aromatic nitrogens is 5. The van der Waals surface area contributed by atoms with Crippen molar-refractivity contribution >= 4 is 12.9 Å². The first-order valence-electron chi connectivity index (χ1n) is 6.98. The third-order valence-corrected chi connectivity index (χ3v) is 3.92. The Morgan fingerprint density at radius 1 is 0.857 bits per heavy atom. The van der Waals surface area contributed by atoms with Crippen molar-refractivity contribution in [1.29, 1.82) is 0 Å². The van der Waals surface area contributed by atoms with Crippen LogP contribution in [-0.2, 0) is 0 Å². The fourth-order valence-corrected chi connectivity index (χ4v) is 3.05. The van der Waals surface area contributed by atoms with Gasteiger partial charge in [0.05, 0.1) is 0 Å². The Morgan fingerprint density at radius 2 is 1.52 bits per heavy atom. The van der Waals surface area contributed by atoms with Crippen molar-refractivity contribution in [2.45, 2.75) is 6.42 Å². The lowest BCUT2D eigenvalue weighted by atomic mass is 9.73. The van der Waals surface area contributed by atoms with Crippen LogP contribution in [0.2, 0.25) is 0 Å². The first-order chi connectivity index (χ1) is 10.4. The Bertz CT molecular complexity index is 683. The SMILES string of the molecule is C1=C[N+]([B-](n2cccc2)(n2cccn2)n2cccn2)=CC1. The van der Waals surface area contributed by atoms with Crippen LogP contribution < -0.4 is 0 Å². The van der Waals surface area contributed by atoms with Crippen LogP contribution in [0, 0.1) is 0 Å². The van der Waals surface area contributed by atoms with Crippen molar-refractivity contribution in [3.63, 3.8) is 0 Å². The highest BCUT2D eigenvalue weighted by molar-refractivity contribution is 6.67. The van der Waals surface area contributed by atoms with Gasteiger partial charge in [-0.05, 0) is 55.1 Å². The van der Waals surface area contributed by atoms with Crippen LogP contribution >= 0.6 is 0 Å². The third kappa shape index (κ3) is 1.64. The van der Waals surface area contributed by atoms with E-state index in [4.69, 9.17) is 0 Å². The quantitative estimate of drug-likeness (QED) is 0.674. The summed E-state index contributed by atoms with van der Waals surface area (Å²) >= 11 is 0. The number of hydrogen-bond donors (Lipinski definition) is 0. The van der Waals surface area contributed by atoms with Crippen LogP contribution in [0.1, 0.15) is 6.42 Å². The van der Waals surface area contributed by atoms with Gasteiger partial charge in [0.1, 0.15) is 12.4 Å². The van der Waals surface area contributed by atoms with E-state index in [1.54, 1.807) is 12.4 Å². The predicted octanol–water partition coefficient (Wildman–Crippen LogP) is 1.26. The molecule has 3 aromatic rings. The summed E-state index contributed by atoms with van der Waals surface area (Å²) in [7, 11) is 0. The molecule has 0 saturated carbocycles. The maximum atomic E-state index is 4.51.